The molecule has 2 aromatic carbocycles. The maximum atomic E-state index is 12.9. The molecule has 0 aromatic heterocycles. The smallest absolute Gasteiger partial charge is 0.254 e. The van der Waals surface area contributed by atoms with Gasteiger partial charge in [-0.1, -0.05) is 0 Å². The van der Waals surface area contributed by atoms with E-state index in [1.807, 2.05) is 23.1 Å². The SMILES string of the molecule is COc1ccc(OC)c(CN(C(=O)c2ccc(N)cc2)C2CC2)c1.Cl. The summed E-state index contributed by atoms with van der Waals surface area (Å²) < 4.78 is 10.7. The molecule has 0 saturated heterocycles. The number of hydrogen-bond donors (Lipinski definition) is 1. The highest BCUT2D eigenvalue weighted by atomic mass is 35.5. The molecule has 0 atom stereocenters. The second-order valence-electron chi connectivity index (χ2n) is 5.96. The Morgan fingerprint density at radius 2 is 1.80 bits per heavy atom. The number of nitrogens with two attached hydrogens (primary N) is 1. The van der Waals surface area contributed by atoms with Gasteiger partial charge in [-0.25, -0.2) is 0 Å². The van der Waals surface area contributed by atoms with Crippen LogP contribution >= 0.6 is 12.4 Å². The van der Waals surface area contributed by atoms with Gasteiger partial charge in [-0.2, -0.15) is 0 Å². The van der Waals surface area contributed by atoms with Gasteiger partial charge < -0.3 is 20.1 Å². The lowest BCUT2D eigenvalue weighted by Crippen LogP contribution is -2.32. The third kappa shape index (κ3) is 4.37. The fraction of sp³-hybridized carbons (Fsp3) is 0.316. The van der Waals surface area contributed by atoms with E-state index in [-0.39, 0.29) is 24.4 Å². The highest BCUT2D eigenvalue weighted by molar-refractivity contribution is 5.95. The van der Waals surface area contributed by atoms with Crippen molar-refractivity contribution in [3.8, 4) is 11.5 Å². The van der Waals surface area contributed by atoms with Crippen molar-refractivity contribution in [2.75, 3.05) is 20.0 Å². The highest BCUT2D eigenvalue weighted by Crippen LogP contribution is 2.33. The minimum Gasteiger partial charge on any atom is -0.497 e. The first-order valence-electron chi connectivity index (χ1n) is 8.00. The number of methoxy groups -OCH3 is 2. The van der Waals surface area contributed by atoms with E-state index >= 15 is 0 Å². The van der Waals surface area contributed by atoms with Gasteiger partial charge in [-0.3, -0.25) is 4.79 Å². The molecule has 25 heavy (non-hydrogen) atoms. The van der Waals surface area contributed by atoms with E-state index in [1.54, 1.807) is 38.5 Å². The number of hydrogen-bond acceptors (Lipinski definition) is 4. The Morgan fingerprint density at radius 1 is 1.12 bits per heavy atom. The van der Waals surface area contributed by atoms with E-state index in [0.717, 1.165) is 29.9 Å². The molecule has 1 amide bonds. The molecular weight excluding hydrogens is 340 g/mol. The van der Waals surface area contributed by atoms with Crippen LogP contribution in [0.2, 0.25) is 0 Å². The fourth-order valence-electron chi connectivity index (χ4n) is 2.73. The zero-order valence-corrected chi connectivity index (χ0v) is 15.2. The number of amides is 1. The summed E-state index contributed by atoms with van der Waals surface area (Å²) in [5, 5.41) is 0. The predicted octanol–water partition coefficient (Wildman–Crippen LogP) is 3.51. The van der Waals surface area contributed by atoms with E-state index in [1.165, 1.54) is 0 Å². The minimum absolute atomic E-state index is 0. The standard InChI is InChI=1S/C19H22N2O3.ClH/c1-23-17-9-10-18(24-2)14(11-17)12-21(16-7-8-16)19(22)13-3-5-15(20)6-4-13;/h3-6,9-11,16H,7-8,12,20H2,1-2H3;1H. The Bertz CT molecular complexity index is 730. The summed E-state index contributed by atoms with van der Waals surface area (Å²) in [6.45, 7) is 0.494. The van der Waals surface area contributed by atoms with Crippen LogP contribution in [-0.4, -0.2) is 31.1 Å². The van der Waals surface area contributed by atoms with Crippen LogP contribution in [0.4, 0.5) is 5.69 Å². The van der Waals surface area contributed by atoms with Gasteiger partial charge in [0, 0.05) is 22.9 Å². The number of nitrogens with zero attached hydrogens (tertiary/aromatic N) is 1. The van der Waals surface area contributed by atoms with Gasteiger partial charge in [0.1, 0.15) is 11.5 Å². The lowest BCUT2D eigenvalue weighted by atomic mass is 10.1. The van der Waals surface area contributed by atoms with Gasteiger partial charge in [0.25, 0.3) is 5.91 Å². The van der Waals surface area contributed by atoms with E-state index < -0.39 is 0 Å². The monoisotopic (exact) mass is 362 g/mol. The van der Waals surface area contributed by atoms with Gasteiger partial charge >= 0.3 is 0 Å². The zero-order valence-electron chi connectivity index (χ0n) is 14.4. The van der Waals surface area contributed by atoms with E-state index in [2.05, 4.69) is 0 Å². The number of carbonyl (C=O) groups excluding carboxylic acids is 1. The number of benzene rings is 2. The highest BCUT2D eigenvalue weighted by Gasteiger charge is 2.33. The molecule has 1 aliphatic rings. The van der Waals surface area contributed by atoms with Crippen LogP contribution < -0.4 is 15.2 Å². The predicted molar refractivity (Wildman–Crippen MR) is 101 cm³/mol. The maximum absolute atomic E-state index is 12.9. The Hall–Kier alpha value is -2.40. The average molecular weight is 363 g/mol. The van der Waals surface area contributed by atoms with Crippen molar-refractivity contribution < 1.29 is 14.3 Å². The Kier molecular flexibility index (Phi) is 6.15. The number of halogens is 1. The first-order chi connectivity index (χ1) is 11.6. The molecule has 0 spiro atoms. The molecular formula is C19H23ClN2O3. The number of ether oxygens (including phenoxy) is 2. The third-order valence-electron chi connectivity index (χ3n) is 4.23. The van der Waals surface area contributed by atoms with Crippen molar-refractivity contribution >= 4 is 24.0 Å². The summed E-state index contributed by atoms with van der Waals surface area (Å²) in [5.41, 5.74) is 7.95. The van der Waals surface area contributed by atoms with Crippen LogP contribution in [0.25, 0.3) is 0 Å². The molecule has 1 aliphatic carbocycles. The molecule has 0 heterocycles. The Balaban J connectivity index is 0.00000225. The normalized spacial score (nSPS) is 12.9. The van der Waals surface area contributed by atoms with Crippen LogP contribution in [0.1, 0.15) is 28.8 Å². The summed E-state index contributed by atoms with van der Waals surface area (Å²) in [7, 11) is 3.26. The summed E-state index contributed by atoms with van der Waals surface area (Å²) in [4.78, 5) is 14.8. The number of carbonyl (C=O) groups is 1. The minimum atomic E-state index is 0. The van der Waals surface area contributed by atoms with Gasteiger partial charge in [-0.15, -0.1) is 12.4 Å². The van der Waals surface area contributed by atoms with Crippen LogP contribution in [0.3, 0.4) is 0 Å². The largest absolute Gasteiger partial charge is 0.497 e. The Labute approximate surface area is 154 Å². The summed E-state index contributed by atoms with van der Waals surface area (Å²) >= 11 is 0. The van der Waals surface area contributed by atoms with Crippen molar-refractivity contribution in [2.45, 2.75) is 25.4 Å². The lowest BCUT2D eigenvalue weighted by Gasteiger charge is -2.24. The van der Waals surface area contributed by atoms with Gasteiger partial charge in [-0.05, 0) is 55.3 Å². The molecule has 5 nitrogen and oxygen atoms in total. The molecule has 2 N–H and O–H groups in total. The molecule has 0 radical (unpaired) electrons. The Morgan fingerprint density at radius 3 is 2.36 bits per heavy atom. The number of anilines is 1. The number of rotatable bonds is 6. The van der Waals surface area contributed by atoms with Gasteiger partial charge in [0.15, 0.2) is 0 Å². The lowest BCUT2D eigenvalue weighted by molar-refractivity contribution is 0.0728. The molecule has 1 fully saturated rings. The summed E-state index contributed by atoms with van der Waals surface area (Å²) in [6.07, 6.45) is 2.07. The van der Waals surface area contributed by atoms with E-state index in [0.29, 0.717) is 17.8 Å². The van der Waals surface area contributed by atoms with Gasteiger partial charge in [0.2, 0.25) is 0 Å². The molecule has 6 heteroatoms. The van der Waals surface area contributed by atoms with Crippen LogP contribution in [0.5, 0.6) is 11.5 Å². The second kappa shape index (κ2) is 8.12. The average Bonchev–Trinajstić information content (AvgIpc) is 3.44. The molecule has 0 unspecified atom stereocenters. The molecule has 0 aliphatic heterocycles. The fourth-order valence-corrected chi connectivity index (χ4v) is 2.73. The zero-order chi connectivity index (χ0) is 17.1. The van der Waals surface area contributed by atoms with Crippen molar-refractivity contribution in [3.05, 3.63) is 53.6 Å². The molecule has 0 bridgehead atoms. The quantitative estimate of drug-likeness (QED) is 0.798. The van der Waals surface area contributed by atoms with Gasteiger partial charge in [0.05, 0.1) is 20.8 Å². The third-order valence-corrected chi connectivity index (χ3v) is 4.23. The van der Waals surface area contributed by atoms with Crippen molar-refractivity contribution in [3.63, 3.8) is 0 Å². The van der Waals surface area contributed by atoms with Crippen LogP contribution in [0.15, 0.2) is 42.5 Å². The van der Waals surface area contributed by atoms with E-state index in [9.17, 15) is 4.79 Å². The molecule has 3 rings (SSSR count). The first-order valence-corrected chi connectivity index (χ1v) is 8.00. The van der Waals surface area contributed by atoms with Crippen molar-refractivity contribution in [1.82, 2.24) is 4.90 Å². The molecule has 1 saturated carbocycles. The second-order valence-corrected chi connectivity index (χ2v) is 5.96. The number of nitrogen functional groups attached to an aromatic ring is 1. The van der Waals surface area contributed by atoms with E-state index in [4.69, 9.17) is 15.2 Å². The first kappa shape index (κ1) is 18.9. The van der Waals surface area contributed by atoms with Crippen molar-refractivity contribution in [2.24, 2.45) is 0 Å². The summed E-state index contributed by atoms with van der Waals surface area (Å²) in [5.74, 6) is 1.52. The molecule has 134 valence electrons. The maximum Gasteiger partial charge on any atom is 0.254 e. The van der Waals surface area contributed by atoms with Crippen LogP contribution in [-0.2, 0) is 6.54 Å². The molecule has 2 aromatic rings. The van der Waals surface area contributed by atoms with Crippen LogP contribution in [0, 0.1) is 0 Å². The summed E-state index contributed by atoms with van der Waals surface area (Å²) in [6, 6.07) is 13.0. The topological polar surface area (TPSA) is 64.8 Å². The van der Waals surface area contributed by atoms with Crippen molar-refractivity contribution in [1.29, 1.82) is 0 Å².